The summed E-state index contributed by atoms with van der Waals surface area (Å²) in [6, 6.07) is 7.19. The molecule has 0 aliphatic carbocycles. The fourth-order valence-electron chi connectivity index (χ4n) is 2.56. The number of β-amino-alcohol motifs (C(OH)–C–C–N with tert-alkyl or cyclic N) is 1. The SMILES string of the molecule is NC1CCN(CC(O)COc2ccc(CC(=O)O)cc2)CC1. The lowest BCUT2D eigenvalue weighted by molar-refractivity contribution is -0.136. The van der Waals surface area contributed by atoms with Gasteiger partial charge in [0.15, 0.2) is 0 Å². The second kappa shape index (κ2) is 8.12. The summed E-state index contributed by atoms with van der Waals surface area (Å²) in [4.78, 5) is 12.8. The summed E-state index contributed by atoms with van der Waals surface area (Å²) in [5.41, 5.74) is 6.58. The van der Waals surface area contributed by atoms with Gasteiger partial charge in [-0.15, -0.1) is 0 Å². The zero-order chi connectivity index (χ0) is 15.9. The number of carboxylic acids is 1. The standard InChI is InChI=1S/C16H24N2O4/c17-13-5-7-18(8-6-13)10-14(19)11-22-15-3-1-12(2-4-15)9-16(20)21/h1-4,13-14,19H,5-11,17H2,(H,20,21). The van der Waals surface area contributed by atoms with Crippen LogP contribution in [0.4, 0.5) is 0 Å². The summed E-state index contributed by atoms with van der Waals surface area (Å²) in [5, 5.41) is 18.7. The largest absolute Gasteiger partial charge is 0.491 e. The molecule has 0 radical (unpaired) electrons. The number of carboxylic acid groups (broad SMARTS) is 1. The summed E-state index contributed by atoms with van der Waals surface area (Å²) in [7, 11) is 0. The Kier molecular flexibility index (Phi) is 6.18. The number of carbonyl (C=O) groups is 1. The van der Waals surface area contributed by atoms with Gasteiger partial charge in [0.2, 0.25) is 0 Å². The Balaban J connectivity index is 1.71. The Hall–Kier alpha value is -1.63. The van der Waals surface area contributed by atoms with E-state index in [0.717, 1.165) is 31.5 Å². The molecule has 1 aromatic rings. The second-order valence-electron chi connectivity index (χ2n) is 5.82. The lowest BCUT2D eigenvalue weighted by atomic mass is 10.1. The van der Waals surface area contributed by atoms with Crippen LogP contribution < -0.4 is 10.5 Å². The number of nitrogens with zero attached hydrogens (tertiary/aromatic N) is 1. The summed E-state index contributed by atoms with van der Waals surface area (Å²) < 4.78 is 5.54. The molecule has 1 aromatic carbocycles. The van der Waals surface area contributed by atoms with Crippen LogP contribution in [0.3, 0.4) is 0 Å². The van der Waals surface area contributed by atoms with Crippen molar-refractivity contribution < 1.29 is 19.7 Å². The van der Waals surface area contributed by atoms with Crippen molar-refractivity contribution in [1.82, 2.24) is 4.90 Å². The van der Waals surface area contributed by atoms with E-state index in [9.17, 15) is 9.90 Å². The number of aliphatic hydroxyl groups excluding tert-OH is 1. The average molecular weight is 308 g/mol. The predicted molar refractivity (Wildman–Crippen MR) is 82.9 cm³/mol. The molecular weight excluding hydrogens is 284 g/mol. The van der Waals surface area contributed by atoms with Crippen LogP contribution in [0.2, 0.25) is 0 Å². The summed E-state index contributed by atoms with van der Waals surface area (Å²) >= 11 is 0. The fraction of sp³-hybridized carbons (Fsp3) is 0.562. The highest BCUT2D eigenvalue weighted by Crippen LogP contribution is 2.14. The maximum atomic E-state index is 10.6. The Bertz CT molecular complexity index is 470. The molecule has 1 saturated heterocycles. The van der Waals surface area contributed by atoms with Crippen molar-refractivity contribution in [2.75, 3.05) is 26.2 Å². The lowest BCUT2D eigenvalue weighted by Gasteiger charge is -2.31. The highest BCUT2D eigenvalue weighted by atomic mass is 16.5. The van der Waals surface area contributed by atoms with Gasteiger partial charge in [-0.05, 0) is 43.6 Å². The number of benzene rings is 1. The molecule has 6 nitrogen and oxygen atoms in total. The van der Waals surface area contributed by atoms with E-state index in [2.05, 4.69) is 4.90 Å². The Morgan fingerprint density at radius 1 is 1.32 bits per heavy atom. The quantitative estimate of drug-likeness (QED) is 0.678. The van der Waals surface area contributed by atoms with Crippen molar-refractivity contribution in [3.63, 3.8) is 0 Å². The zero-order valence-corrected chi connectivity index (χ0v) is 12.6. The van der Waals surface area contributed by atoms with E-state index in [4.69, 9.17) is 15.6 Å². The van der Waals surface area contributed by atoms with Crippen LogP contribution >= 0.6 is 0 Å². The molecule has 4 N–H and O–H groups in total. The first-order chi connectivity index (χ1) is 10.5. The van der Waals surface area contributed by atoms with Crippen molar-refractivity contribution in [3.05, 3.63) is 29.8 Å². The minimum absolute atomic E-state index is 0.00000192. The lowest BCUT2D eigenvalue weighted by Crippen LogP contribution is -2.44. The minimum atomic E-state index is -0.856. The molecule has 6 heteroatoms. The molecule has 122 valence electrons. The van der Waals surface area contributed by atoms with Gasteiger partial charge in [0.05, 0.1) is 6.42 Å². The van der Waals surface area contributed by atoms with Crippen LogP contribution in [-0.4, -0.2) is 59.5 Å². The van der Waals surface area contributed by atoms with E-state index < -0.39 is 12.1 Å². The monoisotopic (exact) mass is 308 g/mol. The number of nitrogens with two attached hydrogens (primary N) is 1. The van der Waals surface area contributed by atoms with Crippen molar-refractivity contribution in [3.8, 4) is 5.75 Å². The molecule has 22 heavy (non-hydrogen) atoms. The number of ether oxygens (including phenoxy) is 1. The molecule has 1 aliphatic rings. The number of hydrogen-bond donors (Lipinski definition) is 3. The van der Waals surface area contributed by atoms with Gasteiger partial charge in [0.1, 0.15) is 18.5 Å². The van der Waals surface area contributed by atoms with Gasteiger partial charge >= 0.3 is 5.97 Å². The van der Waals surface area contributed by atoms with E-state index in [1.54, 1.807) is 24.3 Å². The maximum Gasteiger partial charge on any atom is 0.307 e. The highest BCUT2D eigenvalue weighted by Gasteiger charge is 2.18. The predicted octanol–water partition coefficient (Wildman–Crippen LogP) is 0.477. The number of hydrogen-bond acceptors (Lipinski definition) is 5. The smallest absolute Gasteiger partial charge is 0.307 e. The number of aliphatic carboxylic acids is 1. The third kappa shape index (κ3) is 5.63. The van der Waals surface area contributed by atoms with Crippen LogP contribution in [0, 0.1) is 0 Å². The van der Waals surface area contributed by atoms with E-state index >= 15 is 0 Å². The van der Waals surface area contributed by atoms with Gasteiger partial charge in [-0.3, -0.25) is 4.79 Å². The number of piperidine rings is 1. The summed E-state index contributed by atoms with van der Waals surface area (Å²) in [6.45, 7) is 2.65. The molecule has 1 atom stereocenters. The molecule has 1 fully saturated rings. The topological polar surface area (TPSA) is 96.0 Å². The molecule has 0 aromatic heterocycles. The molecule has 0 bridgehead atoms. The van der Waals surface area contributed by atoms with Crippen molar-refractivity contribution in [1.29, 1.82) is 0 Å². The zero-order valence-electron chi connectivity index (χ0n) is 12.6. The molecule has 1 heterocycles. The van der Waals surface area contributed by atoms with E-state index in [0.29, 0.717) is 12.3 Å². The van der Waals surface area contributed by atoms with Crippen LogP contribution in [0.25, 0.3) is 0 Å². The van der Waals surface area contributed by atoms with Gasteiger partial charge in [-0.25, -0.2) is 0 Å². The summed E-state index contributed by atoms with van der Waals surface area (Å²) in [5.74, 6) is -0.223. The molecule has 2 rings (SSSR count). The van der Waals surface area contributed by atoms with Crippen molar-refractivity contribution in [2.24, 2.45) is 5.73 Å². The molecule has 0 spiro atoms. The first-order valence-corrected chi connectivity index (χ1v) is 7.62. The van der Waals surface area contributed by atoms with Crippen LogP contribution in [0.1, 0.15) is 18.4 Å². The van der Waals surface area contributed by atoms with Gasteiger partial charge in [-0.1, -0.05) is 12.1 Å². The Labute approximate surface area is 130 Å². The van der Waals surface area contributed by atoms with E-state index in [-0.39, 0.29) is 19.1 Å². The van der Waals surface area contributed by atoms with Crippen LogP contribution in [-0.2, 0) is 11.2 Å². The number of likely N-dealkylation sites (tertiary alicyclic amines) is 1. The number of aliphatic hydroxyl groups is 1. The Morgan fingerprint density at radius 2 is 1.95 bits per heavy atom. The Morgan fingerprint density at radius 3 is 2.55 bits per heavy atom. The third-order valence-corrected chi connectivity index (χ3v) is 3.82. The molecular formula is C16H24N2O4. The minimum Gasteiger partial charge on any atom is -0.491 e. The molecule has 0 amide bonds. The van der Waals surface area contributed by atoms with E-state index in [1.165, 1.54) is 0 Å². The second-order valence-corrected chi connectivity index (χ2v) is 5.82. The van der Waals surface area contributed by atoms with Gasteiger partial charge in [-0.2, -0.15) is 0 Å². The average Bonchev–Trinajstić information content (AvgIpc) is 2.48. The van der Waals surface area contributed by atoms with Crippen LogP contribution in [0.5, 0.6) is 5.75 Å². The van der Waals surface area contributed by atoms with Gasteiger partial charge < -0.3 is 25.6 Å². The first-order valence-electron chi connectivity index (χ1n) is 7.62. The van der Waals surface area contributed by atoms with Gasteiger partial charge in [0, 0.05) is 12.6 Å². The molecule has 0 saturated carbocycles. The highest BCUT2D eigenvalue weighted by molar-refractivity contribution is 5.70. The van der Waals surface area contributed by atoms with E-state index in [1.807, 2.05) is 0 Å². The normalized spacial score (nSPS) is 18.1. The van der Waals surface area contributed by atoms with Crippen molar-refractivity contribution >= 4 is 5.97 Å². The molecule has 1 aliphatic heterocycles. The molecule has 1 unspecified atom stereocenters. The third-order valence-electron chi connectivity index (χ3n) is 3.82. The number of rotatable bonds is 7. The first kappa shape index (κ1) is 16.7. The van der Waals surface area contributed by atoms with Crippen molar-refractivity contribution in [2.45, 2.75) is 31.4 Å². The van der Waals surface area contributed by atoms with Gasteiger partial charge in [0.25, 0.3) is 0 Å². The van der Waals surface area contributed by atoms with Crippen LogP contribution in [0.15, 0.2) is 24.3 Å². The summed E-state index contributed by atoms with van der Waals surface area (Å²) in [6.07, 6.45) is 1.39. The maximum absolute atomic E-state index is 10.6. The fourth-order valence-corrected chi connectivity index (χ4v) is 2.56.